The molecule has 0 radical (unpaired) electrons. The van der Waals surface area contributed by atoms with Crippen molar-refractivity contribution in [2.75, 3.05) is 0 Å². The summed E-state index contributed by atoms with van der Waals surface area (Å²) in [6, 6.07) is 0. The standard InChI is InChI=1S/C15H25NO4/c1-10-13(20-15(18-10)7-5-6-8-15)11(16)9-12(17)19-14(2,3)4/h10,13,16H,5-9H2,1-4H3/t10-,13+/m0/s1. The molecule has 114 valence electrons. The van der Waals surface area contributed by atoms with E-state index in [2.05, 4.69) is 0 Å². The number of carbonyl (C=O) groups excluding carboxylic acids is 1. The molecule has 0 aromatic heterocycles. The zero-order chi connectivity index (χ0) is 15.0. The molecule has 5 nitrogen and oxygen atoms in total. The minimum Gasteiger partial charge on any atom is -0.460 e. The highest BCUT2D eigenvalue weighted by atomic mass is 16.8. The van der Waals surface area contributed by atoms with Crippen LogP contribution in [0.25, 0.3) is 0 Å². The number of ether oxygens (including phenoxy) is 3. The summed E-state index contributed by atoms with van der Waals surface area (Å²) in [7, 11) is 0. The molecule has 2 aliphatic rings. The lowest BCUT2D eigenvalue weighted by Gasteiger charge is -2.22. The fourth-order valence-electron chi connectivity index (χ4n) is 2.89. The second-order valence-electron chi connectivity index (χ2n) is 6.77. The molecule has 1 heterocycles. The molecule has 0 aromatic rings. The second kappa shape index (κ2) is 5.45. The molecular formula is C15H25NO4. The maximum Gasteiger partial charge on any atom is 0.312 e. The summed E-state index contributed by atoms with van der Waals surface area (Å²) in [4.78, 5) is 11.8. The van der Waals surface area contributed by atoms with E-state index in [0.29, 0.717) is 0 Å². The lowest BCUT2D eigenvalue weighted by molar-refractivity contribution is -0.164. The number of carbonyl (C=O) groups is 1. The highest BCUT2D eigenvalue weighted by Crippen LogP contribution is 2.42. The number of hydrogen-bond acceptors (Lipinski definition) is 5. The van der Waals surface area contributed by atoms with E-state index in [4.69, 9.17) is 19.6 Å². The van der Waals surface area contributed by atoms with Crippen LogP contribution in [-0.4, -0.2) is 35.3 Å². The molecule has 1 saturated carbocycles. The van der Waals surface area contributed by atoms with Crippen LogP contribution in [-0.2, 0) is 19.0 Å². The predicted octanol–water partition coefficient (Wildman–Crippen LogP) is 2.81. The van der Waals surface area contributed by atoms with Crippen molar-refractivity contribution in [3.05, 3.63) is 0 Å². The molecule has 5 heteroatoms. The SMILES string of the molecule is C[C@@H]1OC2(CCCC2)O[C@H]1C(=N)CC(=O)OC(C)(C)C. The van der Waals surface area contributed by atoms with Gasteiger partial charge in [-0.3, -0.25) is 4.79 Å². The van der Waals surface area contributed by atoms with Crippen molar-refractivity contribution in [1.82, 2.24) is 0 Å². The topological polar surface area (TPSA) is 68.6 Å². The summed E-state index contributed by atoms with van der Waals surface area (Å²) in [5.74, 6) is -0.893. The number of hydrogen-bond donors (Lipinski definition) is 1. The van der Waals surface area contributed by atoms with Crippen LogP contribution in [0, 0.1) is 5.41 Å². The Morgan fingerprint density at radius 1 is 1.30 bits per heavy atom. The third-order valence-electron chi connectivity index (χ3n) is 3.63. The molecule has 0 unspecified atom stereocenters. The number of esters is 1. The van der Waals surface area contributed by atoms with Crippen molar-refractivity contribution in [3.63, 3.8) is 0 Å². The Bertz CT molecular complexity index is 393. The van der Waals surface area contributed by atoms with Gasteiger partial charge in [0.1, 0.15) is 11.7 Å². The predicted molar refractivity (Wildman–Crippen MR) is 74.8 cm³/mol. The van der Waals surface area contributed by atoms with Crippen LogP contribution in [0.2, 0.25) is 0 Å². The van der Waals surface area contributed by atoms with E-state index in [1.165, 1.54) is 0 Å². The summed E-state index contributed by atoms with van der Waals surface area (Å²) >= 11 is 0. The quantitative estimate of drug-likeness (QED) is 0.639. The van der Waals surface area contributed by atoms with E-state index >= 15 is 0 Å². The van der Waals surface area contributed by atoms with Crippen molar-refractivity contribution in [2.45, 2.75) is 83.4 Å². The minimum absolute atomic E-state index is 0.0360. The molecule has 1 aliphatic carbocycles. The molecule has 2 fully saturated rings. The van der Waals surface area contributed by atoms with Crippen LogP contribution in [0.1, 0.15) is 59.8 Å². The highest BCUT2D eigenvalue weighted by molar-refractivity contribution is 6.00. The van der Waals surface area contributed by atoms with Gasteiger partial charge < -0.3 is 19.6 Å². The Morgan fingerprint density at radius 3 is 2.45 bits per heavy atom. The highest BCUT2D eigenvalue weighted by Gasteiger charge is 2.48. The van der Waals surface area contributed by atoms with Gasteiger partial charge in [-0.05, 0) is 40.5 Å². The molecular weight excluding hydrogens is 258 g/mol. The second-order valence-corrected chi connectivity index (χ2v) is 6.77. The fourth-order valence-corrected chi connectivity index (χ4v) is 2.89. The Labute approximate surface area is 120 Å². The van der Waals surface area contributed by atoms with Crippen molar-refractivity contribution in [2.24, 2.45) is 0 Å². The maximum atomic E-state index is 11.8. The van der Waals surface area contributed by atoms with E-state index in [9.17, 15) is 4.79 Å². The Morgan fingerprint density at radius 2 is 1.90 bits per heavy atom. The van der Waals surface area contributed by atoms with Gasteiger partial charge in [-0.25, -0.2) is 0 Å². The zero-order valence-corrected chi connectivity index (χ0v) is 12.8. The first-order valence-corrected chi connectivity index (χ1v) is 7.36. The van der Waals surface area contributed by atoms with E-state index in [0.717, 1.165) is 25.7 Å². The van der Waals surface area contributed by atoms with Crippen molar-refractivity contribution >= 4 is 11.7 Å². The molecule has 1 saturated heterocycles. The van der Waals surface area contributed by atoms with Gasteiger partial charge in [0.2, 0.25) is 0 Å². The van der Waals surface area contributed by atoms with Crippen LogP contribution in [0.4, 0.5) is 0 Å². The van der Waals surface area contributed by atoms with Gasteiger partial charge in [0.05, 0.1) is 18.2 Å². The molecule has 20 heavy (non-hydrogen) atoms. The van der Waals surface area contributed by atoms with Crippen LogP contribution >= 0.6 is 0 Å². The van der Waals surface area contributed by atoms with Crippen molar-refractivity contribution in [1.29, 1.82) is 5.41 Å². The molecule has 1 N–H and O–H groups in total. The van der Waals surface area contributed by atoms with Gasteiger partial charge in [-0.15, -0.1) is 0 Å². The van der Waals surface area contributed by atoms with Crippen molar-refractivity contribution in [3.8, 4) is 0 Å². The number of nitrogens with one attached hydrogen (secondary N) is 1. The van der Waals surface area contributed by atoms with Crippen LogP contribution in [0.5, 0.6) is 0 Å². The molecule has 0 amide bonds. The van der Waals surface area contributed by atoms with E-state index < -0.39 is 17.5 Å². The molecule has 0 aromatic carbocycles. The van der Waals surface area contributed by atoms with Crippen LogP contribution in [0.15, 0.2) is 0 Å². The summed E-state index contributed by atoms with van der Waals surface area (Å²) in [5.41, 5.74) is -0.279. The summed E-state index contributed by atoms with van der Waals surface area (Å²) in [5, 5.41) is 8.10. The van der Waals surface area contributed by atoms with Gasteiger partial charge in [-0.2, -0.15) is 0 Å². The van der Waals surface area contributed by atoms with Gasteiger partial charge in [0.15, 0.2) is 5.79 Å². The Hall–Kier alpha value is -0.940. The molecule has 0 bridgehead atoms. The summed E-state index contributed by atoms with van der Waals surface area (Å²) < 4.78 is 17.1. The minimum atomic E-state index is -0.525. The zero-order valence-electron chi connectivity index (χ0n) is 12.8. The van der Waals surface area contributed by atoms with Gasteiger partial charge >= 0.3 is 5.97 Å². The van der Waals surface area contributed by atoms with Gasteiger partial charge in [-0.1, -0.05) is 0 Å². The summed E-state index contributed by atoms with van der Waals surface area (Å²) in [6.07, 6.45) is 3.31. The Balaban J connectivity index is 1.91. The third kappa shape index (κ3) is 3.58. The monoisotopic (exact) mass is 283 g/mol. The molecule has 2 atom stereocenters. The first-order valence-electron chi connectivity index (χ1n) is 7.36. The van der Waals surface area contributed by atoms with Crippen molar-refractivity contribution < 1.29 is 19.0 Å². The third-order valence-corrected chi connectivity index (χ3v) is 3.63. The number of rotatable bonds is 3. The van der Waals surface area contributed by atoms with E-state index in [1.54, 1.807) is 0 Å². The lowest BCUT2D eigenvalue weighted by atomic mass is 10.1. The van der Waals surface area contributed by atoms with Gasteiger partial charge in [0.25, 0.3) is 0 Å². The molecule has 1 aliphatic heterocycles. The fraction of sp³-hybridized carbons (Fsp3) is 0.867. The first-order chi connectivity index (χ1) is 9.21. The summed E-state index contributed by atoms with van der Waals surface area (Å²) in [6.45, 7) is 7.36. The van der Waals surface area contributed by atoms with E-state index in [1.807, 2.05) is 27.7 Å². The van der Waals surface area contributed by atoms with Gasteiger partial charge in [0, 0.05) is 12.8 Å². The first kappa shape index (κ1) is 15.4. The molecule has 2 rings (SSSR count). The molecule has 1 spiro atoms. The van der Waals surface area contributed by atoms with E-state index in [-0.39, 0.29) is 24.2 Å². The average Bonchev–Trinajstić information content (AvgIpc) is 2.84. The maximum absolute atomic E-state index is 11.8. The normalized spacial score (nSPS) is 28.8. The lowest BCUT2D eigenvalue weighted by Crippen LogP contribution is -2.33. The smallest absolute Gasteiger partial charge is 0.312 e. The van der Waals surface area contributed by atoms with Crippen LogP contribution in [0.3, 0.4) is 0 Å². The van der Waals surface area contributed by atoms with Crippen LogP contribution < -0.4 is 0 Å². The largest absolute Gasteiger partial charge is 0.460 e. The Kier molecular flexibility index (Phi) is 4.21. The average molecular weight is 283 g/mol.